The Balaban J connectivity index is 2.21. The molecule has 0 unspecified atom stereocenters. The maximum absolute atomic E-state index is 12.4. The van der Waals surface area contributed by atoms with Crippen molar-refractivity contribution in [1.82, 2.24) is 9.78 Å². The molecule has 1 aromatic heterocycles. The van der Waals surface area contributed by atoms with Crippen LogP contribution in [0.1, 0.15) is 19.4 Å². The molecule has 0 atom stereocenters. The van der Waals surface area contributed by atoms with Crippen LogP contribution in [0.4, 0.5) is 5.69 Å². The van der Waals surface area contributed by atoms with E-state index in [-0.39, 0.29) is 5.91 Å². The standard InChI is InChI=1S/C15H14BrN3O/c1-4-11-6-5-7-13(8-11)18-14(20)15(2,3)19-10-12(16)9-17-19/h1,5-10H,2-3H3,(H,18,20). The number of hydrogen-bond acceptors (Lipinski definition) is 2. The van der Waals surface area contributed by atoms with Gasteiger partial charge in [-0.2, -0.15) is 5.10 Å². The Hall–Kier alpha value is -2.06. The highest BCUT2D eigenvalue weighted by Gasteiger charge is 2.30. The summed E-state index contributed by atoms with van der Waals surface area (Å²) in [6.45, 7) is 3.60. The molecule has 102 valence electrons. The first kappa shape index (κ1) is 14.4. The lowest BCUT2D eigenvalue weighted by Gasteiger charge is -2.24. The fourth-order valence-corrected chi connectivity index (χ4v) is 1.97. The number of anilines is 1. The molecule has 0 aliphatic carbocycles. The summed E-state index contributed by atoms with van der Waals surface area (Å²) in [4.78, 5) is 12.4. The zero-order valence-electron chi connectivity index (χ0n) is 11.2. The van der Waals surface area contributed by atoms with Crippen molar-refractivity contribution in [3.63, 3.8) is 0 Å². The van der Waals surface area contributed by atoms with Crippen LogP contribution in [0.2, 0.25) is 0 Å². The molecule has 1 N–H and O–H groups in total. The molecule has 1 heterocycles. The first-order chi connectivity index (χ1) is 9.43. The van der Waals surface area contributed by atoms with Gasteiger partial charge in [-0.1, -0.05) is 12.0 Å². The molecule has 0 fully saturated rings. The van der Waals surface area contributed by atoms with Gasteiger partial charge in [-0.25, -0.2) is 0 Å². The summed E-state index contributed by atoms with van der Waals surface area (Å²) in [5.74, 6) is 2.37. The van der Waals surface area contributed by atoms with Crippen LogP contribution in [0.25, 0.3) is 0 Å². The summed E-state index contributed by atoms with van der Waals surface area (Å²) in [5.41, 5.74) is 0.588. The largest absolute Gasteiger partial charge is 0.324 e. The van der Waals surface area contributed by atoms with Gasteiger partial charge < -0.3 is 5.32 Å². The van der Waals surface area contributed by atoms with Crippen molar-refractivity contribution in [2.75, 3.05) is 5.32 Å². The summed E-state index contributed by atoms with van der Waals surface area (Å²) in [6, 6.07) is 7.18. The molecule has 2 aromatic rings. The number of rotatable bonds is 3. The molecule has 1 aromatic carbocycles. The van der Waals surface area contributed by atoms with Gasteiger partial charge in [-0.05, 0) is 48.0 Å². The molecule has 0 saturated carbocycles. The van der Waals surface area contributed by atoms with E-state index >= 15 is 0 Å². The Bertz CT molecular complexity index is 682. The SMILES string of the molecule is C#Cc1cccc(NC(=O)C(C)(C)n2cc(Br)cn2)c1. The number of halogens is 1. The number of amides is 1. The minimum absolute atomic E-state index is 0.165. The lowest BCUT2D eigenvalue weighted by molar-refractivity contribution is -0.123. The van der Waals surface area contributed by atoms with E-state index in [1.54, 1.807) is 43.1 Å². The second-order valence-electron chi connectivity index (χ2n) is 4.84. The fraction of sp³-hybridized carbons (Fsp3) is 0.200. The van der Waals surface area contributed by atoms with Crippen molar-refractivity contribution in [3.05, 3.63) is 46.7 Å². The second-order valence-corrected chi connectivity index (χ2v) is 5.76. The average Bonchev–Trinajstić information content (AvgIpc) is 2.86. The molecule has 2 rings (SSSR count). The third kappa shape index (κ3) is 2.91. The second kappa shape index (κ2) is 5.51. The minimum Gasteiger partial charge on any atom is -0.324 e. The smallest absolute Gasteiger partial charge is 0.251 e. The molecule has 0 saturated heterocycles. The number of carbonyl (C=O) groups excluding carboxylic acids is 1. The quantitative estimate of drug-likeness (QED) is 0.879. The predicted molar refractivity (Wildman–Crippen MR) is 82.3 cm³/mol. The Morgan fingerprint density at radius 2 is 2.25 bits per heavy atom. The van der Waals surface area contributed by atoms with E-state index < -0.39 is 5.54 Å². The summed E-state index contributed by atoms with van der Waals surface area (Å²) in [7, 11) is 0. The molecular weight excluding hydrogens is 318 g/mol. The Morgan fingerprint density at radius 3 is 2.85 bits per heavy atom. The molecular formula is C15H14BrN3O. The van der Waals surface area contributed by atoms with Gasteiger partial charge in [0.05, 0.1) is 10.7 Å². The molecule has 0 aliphatic rings. The van der Waals surface area contributed by atoms with E-state index in [2.05, 4.69) is 32.3 Å². The normalized spacial score (nSPS) is 10.9. The number of carbonyl (C=O) groups is 1. The van der Waals surface area contributed by atoms with Crippen LogP contribution >= 0.6 is 15.9 Å². The maximum atomic E-state index is 12.4. The molecule has 1 amide bonds. The van der Waals surface area contributed by atoms with Crippen LogP contribution in [0.5, 0.6) is 0 Å². The lowest BCUT2D eigenvalue weighted by Crippen LogP contribution is -2.40. The lowest BCUT2D eigenvalue weighted by atomic mass is 10.0. The van der Waals surface area contributed by atoms with Crippen molar-refractivity contribution >= 4 is 27.5 Å². The van der Waals surface area contributed by atoms with Gasteiger partial charge in [0.25, 0.3) is 5.91 Å². The van der Waals surface area contributed by atoms with Gasteiger partial charge >= 0.3 is 0 Å². The molecule has 0 aliphatic heterocycles. The van der Waals surface area contributed by atoms with Crippen LogP contribution in [0, 0.1) is 12.3 Å². The highest BCUT2D eigenvalue weighted by Crippen LogP contribution is 2.20. The first-order valence-electron chi connectivity index (χ1n) is 6.02. The number of benzene rings is 1. The van der Waals surface area contributed by atoms with E-state index in [0.29, 0.717) is 5.69 Å². The third-order valence-electron chi connectivity index (χ3n) is 2.97. The molecule has 0 spiro atoms. The molecule has 20 heavy (non-hydrogen) atoms. The van der Waals surface area contributed by atoms with Crippen molar-refractivity contribution in [3.8, 4) is 12.3 Å². The van der Waals surface area contributed by atoms with Gasteiger partial charge in [0.1, 0.15) is 5.54 Å². The summed E-state index contributed by atoms with van der Waals surface area (Å²) >= 11 is 3.32. The first-order valence-corrected chi connectivity index (χ1v) is 6.81. The summed E-state index contributed by atoms with van der Waals surface area (Å²) in [6.07, 6.45) is 8.76. The number of terminal acetylenes is 1. The van der Waals surface area contributed by atoms with Gasteiger partial charge in [-0.3, -0.25) is 9.48 Å². The molecule has 0 radical (unpaired) electrons. The Kier molecular flexibility index (Phi) is 3.96. The highest BCUT2D eigenvalue weighted by atomic mass is 79.9. The number of nitrogens with one attached hydrogen (secondary N) is 1. The zero-order valence-corrected chi connectivity index (χ0v) is 12.8. The van der Waals surface area contributed by atoms with Gasteiger partial charge in [0, 0.05) is 17.4 Å². The number of aromatic nitrogens is 2. The highest BCUT2D eigenvalue weighted by molar-refractivity contribution is 9.10. The van der Waals surface area contributed by atoms with Gasteiger partial charge in [-0.15, -0.1) is 6.42 Å². The average molecular weight is 332 g/mol. The van der Waals surface area contributed by atoms with Crippen LogP contribution in [0.15, 0.2) is 41.1 Å². The van der Waals surface area contributed by atoms with Gasteiger partial charge in [0.2, 0.25) is 0 Å². The van der Waals surface area contributed by atoms with Gasteiger partial charge in [0.15, 0.2) is 0 Å². The van der Waals surface area contributed by atoms with Crippen molar-refractivity contribution in [2.24, 2.45) is 0 Å². The van der Waals surface area contributed by atoms with Crippen molar-refractivity contribution < 1.29 is 4.79 Å². The number of hydrogen-bond donors (Lipinski definition) is 1. The fourth-order valence-electron chi connectivity index (χ4n) is 1.68. The van der Waals surface area contributed by atoms with E-state index in [4.69, 9.17) is 6.42 Å². The van der Waals surface area contributed by atoms with E-state index in [1.165, 1.54) is 0 Å². The Morgan fingerprint density at radius 1 is 1.50 bits per heavy atom. The van der Waals surface area contributed by atoms with E-state index in [1.807, 2.05) is 12.1 Å². The monoisotopic (exact) mass is 331 g/mol. The molecule has 0 bridgehead atoms. The maximum Gasteiger partial charge on any atom is 0.251 e. The van der Waals surface area contributed by atoms with Crippen molar-refractivity contribution in [2.45, 2.75) is 19.4 Å². The van der Waals surface area contributed by atoms with Crippen molar-refractivity contribution in [1.29, 1.82) is 0 Å². The topological polar surface area (TPSA) is 46.9 Å². The predicted octanol–water partition coefficient (Wildman–Crippen LogP) is 3.00. The molecule has 5 heteroatoms. The van der Waals surface area contributed by atoms with Crippen LogP contribution in [-0.4, -0.2) is 15.7 Å². The minimum atomic E-state index is -0.807. The summed E-state index contributed by atoms with van der Waals surface area (Å²) in [5, 5.41) is 7.01. The third-order valence-corrected chi connectivity index (χ3v) is 3.38. The van der Waals surface area contributed by atoms with Crippen LogP contribution in [0.3, 0.4) is 0 Å². The van der Waals surface area contributed by atoms with Crippen LogP contribution in [-0.2, 0) is 10.3 Å². The van der Waals surface area contributed by atoms with E-state index in [9.17, 15) is 4.79 Å². The Labute approximate surface area is 126 Å². The summed E-state index contributed by atoms with van der Waals surface area (Å²) < 4.78 is 2.44. The van der Waals surface area contributed by atoms with E-state index in [0.717, 1.165) is 10.0 Å². The zero-order chi connectivity index (χ0) is 14.8. The molecule has 4 nitrogen and oxygen atoms in total. The van der Waals surface area contributed by atoms with Crippen LogP contribution < -0.4 is 5.32 Å². The number of nitrogens with zero attached hydrogens (tertiary/aromatic N) is 2.